The van der Waals surface area contributed by atoms with Gasteiger partial charge in [-0.25, -0.2) is 4.98 Å². The van der Waals surface area contributed by atoms with Gasteiger partial charge in [-0.15, -0.1) is 10.2 Å². The summed E-state index contributed by atoms with van der Waals surface area (Å²) in [7, 11) is 0. The second-order valence-corrected chi connectivity index (χ2v) is 7.41. The van der Waals surface area contributed by atoms with Crippen LogP contribution in [0.15, 0.2) is 85.5 Å². The number of carbonyl (C=O) groups is 1. The van der Waals surface area contributed by atoms with E-state index in [9.17, 15) is 4.79 Å². The molecule has 6 rings (SSSR count). The molecule has 0 bridgehead atoms. The van der Waals surface area contributed by atoms with Gasteiger partial charge in [-0.2, -0.15) is 9.61 Å². The van der Waals surface area contributed by atoms with Gasteiger partial charge in [-0.05, 0) is 54.6 Å². The van der Waals surface area contributed by atoms with Crippen LogP contribution >= 0.6 is 0 Å². The van der Waals surface area contributed by atoms with E-state index in [0.717, 1.165) is 27.9 Å². The molecule has 4 aromatic heterocycles. The molecule has 0 aliphatic heterocycles. The smallest absolute Gasteiger partial charge is 0.255 e. The minimum absolute atomic E-state index is 0.190. The molecule has 9 nitrogen and oxygen atoms in total. The summed E-state index contributed by atoms with van der Waals surface area (Å²) in [5, 5.41) is 16.1. The summed E-state index contributed by atoms with van der Waals surface area (Å²) in [6.07, 6.45) is 5.02. The van der Waals surface area contributed by atoms with Crippen LogP contribution in [0, 0.1) is 0 Å². The number of hydrogen-bond acceptors (Lipinski definition) is 6. The fraction of sp³-hybridized carbons (Fsp3) is 0. The van der Waals surface area contributed by atoms with Gasteiger partial charge in [-0.3, -0.25) is 9.78 Å². The van der Waals surface area contributed by atoms with Crippen molar-refractivity contribution in [1.29, 1.82) is 0 Å². The third kappa shape index (κ3) is 3.47. The Morgan fingerprint density at radius 2 is 1.73 bits per heavy atom. The Morgan fingerprint density at radius 3 is 2.58 bits per heavy atom. The van der Waals surface area contributed by atoms with E-state index in [2.05, 4.69) is 30.5 Å². The van der Waals surface area contributed by atoms with Crippen molar-refractivity contribution >= 4 is 28.3 Å². The van der Waals surface area contributed by atoms with Gasteiger partial charge in [0.15, 0.2) is 11.5 Å². The highest BCUT2D eigenvalue weighted by Gasteiger charge is 2.12. The Bertz CT molecular complexity index is 1600. The first-order chi connectivity index (χ1) is 16.2. The summed E-state index contributed by atoms with van der Waals surface area (Å²) in [5.41, 5.74) is 6.09. The van der Waals surface area contributed by atoms with Crippen molar-refractivity contribution in [3.05, 3.63) is 91.0 Å². The fourth-order valence-electron chi connectivity index (χ4n) is 3.63. The number of pyridine rings is 1. The molecule has 0 unspecified atom stereocenters. The van der Waals surface area contributed by atoms with Crippen molar-refractivity contribution in [3.63, 3.8) is 0 Å². The second-order valence-electron chi connectivity index (χ2n) is 7.41. The number of nitrogens with one attached hydrogen (secondary N) is 2. The van der Waals surface area contributed by atoms with Gasteiger partial charge in [0.25, 0.3) is 5.91 Å². The average Bonchev–Trinajstić information content (AvgIpc) is 3.51. The number of H-pyrrole nitrogens is 1. The molecule has 4 heterocycles. The van der Waals surface area contributed by atoms with Crippen molar-refractivity contribution in [2.75, 3.05) is 5.32 Å². The first-order valence-electron chi connectivity index (χ1n) is 10.2. The lowest BCUT2D eigenvalue weighted by Crippen LogP contribution is -2.11. The van der Waals surface area contributed by atoms with E-state index in [1.54, 1.807) is 35.4 Å². The number of anilines is 1. The molecule has 0 radical (unpaired) electrons. The molecule has 0 saturated carbocycles. The van der Waals surface area contributed by atoms with Gasteiger partial charge >= 0.3 is 0 Å². The van der Waals surface area contributed by atoms with E-state index >= 15 is 0 Å². The van der Waals surface area contributed by atoms with Gasteiger partial charge in [0.1, 0.15) is 0 Å². The maximum atomic E-state index is 12.6. The third-order valence-corrected chi connectivity index (χ3v) is 5.32. The van der Waals surface area contributed by atoms with E-state index in [0.29, 0.717) is 22.7 Å². The topological polar surface area (TPSA) is 114 Å². The quantitative estimate of drug-likeness (QED) is 0.436. The first kappa shape index (κ1) is 18.8. The molecular weight excluding hydrogens is 416 g/mol. The zero-order valence-electron chi connectivity index (χ0n) is 17.2. The molecule has 0 atom stereocenters. The second kappa shape index (κ2) is 7.65. The Kier molecular flexibility index (Phi) is 4.36. The summed E-state index contributed by atoms with van der Waals surface area (Å²) in [5.74, 6) is 0.456. The number of imidazole rings is 1. The molecule has 9 heteroatoms. The number of rotatable bonds is 4. The van der Waals surface area contributed by atoms with Crippen LogP contribution in [0.25, 0.3) is 39.3 Å². The highest BCUT2D eigenvalue weighted by molar-refractivity contribution is 6.06. The largest absolute Gasteiger partial charge is 0.345 e. The van der Waals surface area contributed by atoms with Crippen LogP contribution in [0.1, 0.15) is 10.4 Å². The number of carbonyl (C=O) groups excluding carboxylic acids is 1. The van der Waals surface area contributed by atoms with Gasteiger partial charge in [0, 0.05) is 34.8 Å². The normalized spacial score (nSPS) is 11.2. The zero-order chi connectivity index (χ0) is 22.2. The van der Waals surface area contributed by atoms with Crippen LogP contribution in [0.3, 0.4) is 0 Å². The number of nitrogens with zero attached hydrogens (tertiary/aromatic N) is 6. The minimum atomic E-state index is -0.190. The minimum Gasteiger partial charge on any atom is -0.345 e. The Hall–Kier alpha value is -4.92. The fourth-order valence-corrected chi connectivity index (χ4v) is 3.63. The standard InChI is InChI=1S/C24H16N8O/c33-24(17-3-6-20-21(13-17)27-14-26-20)28-18-4-1-15(2-5-18)19-7-8-22-29-30-23(32(22)31-19)16-9-11-25-12-10-16/h1-14H,(H,26,27)(H,28,33). The molecular formula is C24H16N8O. The summed E-state index contributed by atoms with van der Waals surface area (Å²) >= 11 is 0. The van der Waals surface area contributed by atoms with Crippen LogP contribution in [-0.2, 0) is 0 Å². The Labute approximate surface area is 187 Å². The molecule has 1 amide bonds. The molecule has 6 aromatic rings. The van der Waals surface area contributed by atoms with Crippen molar-refractivity contribution < 1.29 is 4.79 Å². The Balaban J connectivity index is 1.26. The van der Waals surface area contributed by atoms with Gasteiger partial charge in [0.2, 0.25) is 0 Å². The van der Waals surface area contributed by atoms with Crippen LogP contribution in [0.5, 0.6) is 0 Å². The van der Waals surface area contributed by atoms with E-state index in [4.69, 9.17) is 5.10 Å². The first-order valence-corrected chi connectivity index (χ1v) is 10.2. The lowest BCUT2D eigenvalue weighted by Gasteiger charge is -2.07. The Morgan fingerprint density at radius 1 is 0.879 bits per heavy atom. The van der Waals surface area contributed by atoms with Crippen LogP contribution in [0.2, 0.25) is 0 Å². The molecule has 158 valence electrons. The molecule has 0 fully saturated rings. The van der Waals surface area contributed by atoms with Gasteiger partial charge in [-0.1, -0.05) is 12.1 Å². The average molecular weight is 432 g/mol. The number of aromatic nitrogens is 7. The molecule has 0 aliphatic rings. The predicted molar refractivity (Wildman–Crippen MR) is 123 cm³/mol. The molecule has 0 aliphatic carbocycles. The molecule has 0 saturated heterocycles. The lowest BCUT2D eigenvalue weighted by atomic mass is 10.1. The van der Waals surface area contributed by atoms with Gasteiger partial charge in [0.05, 0.1) is 23.1 Å². The van der Waals surface area contributed by atoms with Crippen molar-refractivity contribution in [1.82, 2.24) is 34.8 Å². The number of fused-ring (bicyclic) bond motifs is 2. The zero-order valence-corrected chi connectivity index (χ0v) is 17.2. The van der Waals surface area contributed by atoms with Crippen LogP contribution in [0.4, 0.5) is 5.69 Å². The monoisotopic (exact) mass is 432 g/mol. The maximum Gasteiger partial charge on any atom is 0.255 e. The van der Waals surface area contributed by atoms with Crippen molar-refractivity contribution in [3.8, 4) is 22.6 Å². The van der Waals surface area contributed by atoms with E-state index in [1.807, 2.05) is 54.6 Å². The van der Waals surface area contributed by atoms with E-state index in [1.165, 1.54) is 0 Å². The SMILES string of the molecule is O=C(Nc1ccc(-c2ccc3nnc(-c4ccncc4)n3n2)cc1)c1ccc2nc[nH]c2c1. The lowest BCUT2D eigenvalue weighted by molar-refractivity contribution is 0.102. The summed E-state index contributed by atoms with van der Waals surface area (Å²) in [6, 6.07) is 20.4. The van der Waals surface area contributed by atoms with E-state index < -0.39 is 0 Å². The number of hydrogen-bond donors (Lipinski definition) is 2. The summed E-state index contributed by atoms with van der Waals surface area (Å²) in [6.45, 7) is 0. The number of aromatic amines is 1. The van der Waals surface area contributed by atoms with Crippen LogP contribution < -0.4 is 5.32 Å². The third-order valence-electron chi connectivity index (χ3n) is 5.32. The van der Waals surface area contributed by atoms with Crippen molar-refractivity contribution in [2.45, 2.75) is 0 Å². The molecule has 33 heavy (non-hydrogen) atoms. The summed E-state index contributed by atoms with van der Waals surface area (Å²) in [4.78, 5) is 23.9. The van der Waals surface area contributed by atoms with E-state index in [-0.39, 0.29) is 5.91 Å². The highest BCUT2D eigenvalue weighted by Crippen LogP contribution is 2.23. The highest BCUT2D eigenvalue weighted by atomic mass is 16.1. The van der Waals surface area contributed by atoms with Gasteiger partial charge < -0.3 is 10.3 Å². The number of amides is 1. The molecule has 0 spiro atoms. The maximum absolute atomic E-state index is 12.6. The molecule has 2 N–H and O–H groups in total. The number of benzene rings is 2. The predicted octanol–water partition coefficient (Wildman–Crippen LogP) is 3.98. The van der Waals surface area contributed by atoms with Crippen LogP contribution in [-0.4, -0.2) is 40.7 Å². The summed E-state index contributed by atoms with van der Waals surface area (Å²) < 4.78 is 1.71. The molecule has 2 aromatic carbocycles. The van der Waals surface area contributed by atoms with Crippen molar-refractivity contribution in [2.24, 2.45) is 0 Å².